The first kappa shape index (κ1) is 27.9. The summed E-state index contributed by atoms with van der Waals surface area (Å²) in [7, 11) is 2.76. The first-order valence-corrected chi connectivity index (χ1v) is 12.0. The van der Waals surface area contributed by atoms with Crippen LogP contribution in [0.25, 0.3) is 21.2 Å². The fourth-order valence-electron chi connectivity index (χ4n) is 3.51. The Labute approximate surface area is 214 Å². The van der Waals surface area contributed by atoms with E-state index in [1.807, 2.05) is 6.92 Å². The van der Waals surface area contributed by atoms with Crippen molar-refractivity contribution in [2.45, 2.75) is 25.4 Å². The number of nitrogens with one attached hydrogen (secondary N) is 1. The number of hydrogen-bond acceptors (Lipinski definition) is 8. The average molecular weight is 536 g/mol. The number of aromatic nitrogens is 3. The van der Waals surface area contributed by atoms with Gasteiger partial charge in [-0.15, -0.1) is 0 Å². The van der Waals surface area contributed by atoms with Crippen LogP contribution in [0.15, 0.2) is 48.8 Å². The average Bonchev–Trinajstić information content (AvgIpc) is 3.32. The molecule has 0 unspecified atom stereocenters. The summed E-state index contributed by atoms with van der Waals surface area (Å²) in [4.78, 5) is 24.4. The van der Waals surface area contributed by atoms with Gasteiger partial charge in [0.1, 0.15) is 5.69 Å². The lowest BCUT2D eigenvalue weighted by Gasteiger charge is -2.13. The van der Waals surface area contributed by atoms with Gasteiger partial charge in [-0.25, -0.2) is 14.8 Å². The van der Waals surface area contributed by atoms with Crippen LogP contribution in [0, 0.1) is 5.95 Å². The first-order chi connectivity index (χ1) is 17.7. The molecule has 0 amide bonds. The van der Waals surface area contributed by atoms with Crippen LogP contribution in [-0.4, -0.2) is 41.6 Å². The Morgan fingerprint density at radius 2 is 1.86 bits per heavy atom. The quantitative estimate of drug-likeness (QED) is 0.173. The molecule has 0 fully saturated rings. The van der Waals surface area contributed by atoms with E-state index in [2.05, 4.69) is 26.0 Å². The fraction of sp³-hybridized carbons (Fsp3) is 0.280. The number of alkyl halides is 3. The van der Waals surface area contributed by atoms with Gasteiger partial charge >= 0.3 is 12.1 Å². The van der Waals surface area contributed by atoms with Crippen LogP contribution in [0.1, 0.15) is 41.0 Å². The Morgan fingerprint density at radius 1 is 1.11 bits per heavy atom. The van der Waals surface area contributed by atoms with Crippen LogP contribution in [0.3, 0.4) is 0 Å². The van der Waals surface area contributed by atoms with Crippen LogP contribution < -0.4 is 11.1 Å². The van der Waals surface area contributed by atoms with Gasteiger partial charge in [0, 0.05) is 30.4 Å². The lowest BCUT2D eigenvalue weighted by molar-refractivity contribution is -0.141. The maximum atomic E-state index is 13.6. The Hall–Kier alpha value is -3.64. The Balaban J connectivity index is 0.00000186. The minimum atomic E-state index is -4.47. The molecular formula is C25H25F4N5O2S. The molecule has 7 nitrogen and oxygen atoms in total. The molecule has 0 aliphatic rings. The predicted molar refractivity (Wildman–Crippen MR) is 135 cm³/mol. The van der Waals surface area contributed by atoms with Gasteiger partial charge in [-0.05, 0) is 48.0 Å². The molecular weight excluding hydrogens is 510 g/mol. The molecule has 0 aliphatic carbocycles. The molecule has 3 aromatic heterocycles. The molecule has 0 saturated heterocycles. The van der Waals surface area contributed by atoms with Crippen molar-refractivity contribution in [3.63, 3.8) is 0 Å². The molecule has 1 aromatic carbocycles. The molecule has 0 spiro atoms. The van der Waals surface area contributed by atoms with Crippen molar-refractivity contribution in [3.05, 3.63) is 71.7 Å². The minimum Gasteiger partial charge on any atom is -0.464 e. The summed E-state index contributed by atoms with van der Waals surface area (Å²) in [6, 6.07) is 9.05. The topological polar surface area (TPSA) is 103 Å². The molecule has 0 radical (unpaired) electrons. The second kappa shape index (κ2) is 12.1. The number of halogens is 4. The van der Waals surface area contributed by atoms with E-state index in [4.69, 9.17) is 4.74 Å². The number of nitrogens with two attached hydrogens (primary N) is 1. The van der Waals surface area contributed by atoms with E-state index in [1.165, 1.54) is 50.0 Å². The molecule has 4 rings (SSSR count). The summed E-state index contributed by atoms with van der Waals surface area (Å²) in [6.45, 7) is 2.35. The summed E-state index contributed by atoms with van der Waals surface area (Å²) >= 11 is 1.25. The number of benzene rings is 1. The number of esters is 1. The lowest BCUT2D eigenvalue weighted by atomic mass is 9.99. The number of fused-ring (bicyclic) bond motifs is 1. The van der Waals surface area contributed by atoms with Gasteiger partial charge < -0.3 is 15.8 Å². The third-order valence-corrected chi connectivity index (χ3v) is 6.52. The van der Waals surface area contributed by atoms with Crippen LogP contribution in [0.2, 0.25) is 0 Å². The zero-order valence-electron chi connectivity index (χ0n) is 20.3. The smallest absolute Gasteiger partial charge is 0.433 e. The Kier molecular flexibility index (Phi) is 9.11. The van der Waals surface area contributed by atoms with Crippen molar-refractivity contribution in [1.82, 2.24) is 15.0 Å². The normalized spacial score (nSPS) is 12.0. The highest BCUT2D eigenvalue weighted by Crippen LogP contribution is 2.35. The van der Waals surface area contributed by atoms with Crippen molar-refractivity contribution >= 4 is 33.2 Å². The zero-order valence-corrected chi connectivity index (χ0v) is 21.1. The number of anilines is 1. The molecule has 1 atom stereocenters. The number of rotatable bonds is 7. The summed E-state index contributed by atoms with van der Waals surface area (Å²) < 4.78 is 56.6. The van der Waals surface area contributed by atoms with Crippen molar-refractivity contribution in [1.29, 1.82) is 0 Å². The number of methoxy groups -OCH3 is 1. The minimum absolute atomic E-state index is 0.0548. The zero-order chi connectivity index (χ0) is 27.2. The molecule has 0 aliphatic heterocycles. The van der Waals surface area contributed by atoms with E-state index < -0.39 is 23.8 Å². The highest BCUT2D eigenvalue weighted by molar-refractivity contribution is 7.19. The van der Waals surface area contributed by atoms with Crippen LogP contribution in [0.5, 0.6) is 0 Å². The van der Waals surface area contributed by atoms with Gasteiger partial charge in [0.2, 0.25) is 5.95 Å². The maximum Gasteiger partial charge on any atom is 0.433 e. The highest BCUT2D eigenvalue weighted by Gasteiger charge is 2.32. The number of ether oxygens (including phenoxy) is 1. The third kappa shape index (κ3) is 6.77. The summed E-state index contributed by atoms with van der Waals surface area (Å²) in [5, 5.41) is 5.04. The van der Waals surface area contributed by atoms with E-state index in [-0.39, 0.29) is 11.6 Å². The molecule has 3 heterocycles. The van der Waals surface area contributed by atoms with Gasteiger partial charge in [-0.2, -0.15) is 17.6 Å². The van der Waals surface area contributed by atoms with E-state index in [0.29, 0.717) is 39.5 Å². The third-order valence-electron chi connectivity index (χ3n) is 5.46. The summed E-state index contributed by atoms with van der Waals surface area (Å²) in [5.41, 5.74) is 5.07. The molecule has 37 heavy (non-hydrogen) atoms. The number of carbonyl (C=O) groups excluding carboxylic acids is 1. The molecule has 0 saturated carbocycles. The highest BCUT2D eigenvalue weighted by atomic mass is 32.1. The van der Waals surface area contributed by atoms with Gasteiger partial charge in [0.15, 0.2) is 10.8 Å². The summed E-state index contributed by atoms with van der Waals surface area (Å²) in [5.74, 6) is -1.26. The predicted octanol–water partition coefficient (Wildman–Crippen LogP) is 5.88. The summed E-state index contributed by atoms with van der Waals surface area (Å²) in [6.07, 6.45) is -1.21. The van der Waals surface area contributed by atoms with Crippen LogP contribution in [-0.2, 0) is 10.9 Å². The maximum absolute atomic E-state index is 13.6. The number of carbonyl (C=O) groups is 1. The molecule has 196 valence electrons. The van der Waals surface area contributed by atoms with E-state index in [1.54, 1.807) is 18.2 Å². The van der Waals surface area contributed by atoms with Crippen molar-refractivity contribution in [2.75, 3.05) is 26.0 Å². The molecule has 4 aromatic rings. The van der Waals surface area contributed by atoms with Gasteiger partial charge in [0.25, 0.3) is 0 Å². The largest absolute Gasteiger partial charge is 0.464 e. The van der Waals surface area contributed by atoms with Crippen molar-refractivity contribution in [2.24, 2.45) is 5.73 Å². The number of thiazole rings is 1. The molecule has 3 N–H and O–H groups in total. The van der Waals surface area contributed by atoms with Gasteiger partial charge in [0.05, 0.1) is 12.0 Å². The van der Waals surface area contributed by atoms with Crippen molar-refractivity contribution in [3.8, 4) is 10.4 Å². The second-order valence-corrected chi connectivity index (χ2v) is 8.85. The number of hydrogen-bond donors (Lipinski definition) is 2. The second-order valence-electron chi connectivity index (χ2n) is 7.85. The van der Waals surface area contributed by atoms with E-state index in [9.17, 15) is 22.4 Å². The van der Waals surface area contributed by atoms with Gasteiger partial charge in [-0.1, -0.05) is 36.5 Å². The molecule has 0 bridgehead atoms. The standard InChI is InChI=1S/C24H20F4N4O2S.CH5N/c1-13(15-5-6-18(30-11-15)24(26,27)28)7-8-29-23-32-20(22(33)34-2)21(35-23)14-3-4-16-12-31-19(25)10-17(16)9-14;1-2/h3-6,9-13H,7-8H2,1-2H3,(H,29,32);2H2,1H3/t13-;/m1./s1. The van der Waals surface area contributed by atoms with E-state index in [0.717, 1.165) is 11.5 Å². The SMILES string of the molecule is CN.COC(=O)c1nc(NCC[C@@H](C)c2ccc(C(F)(F)F)nc2)sc1-c1ccc2cnc(F)cc2c1. The Morgan fingerprint density at radius 3 is 2.51 bits per heavy atom. The Bertz CT molecular complexity index is 1360. The van der Waals surface area contributed by atoms with Crippen LogP contribution >= 0.6 is 11.3 Å². The number of pyridine rings is 2. The van der Waals surface area contributed by atoms with Crippen LogP contribution in [0.4, 0.5) is 22.7 Å². The lowest BCUT2D eigenvalue weighted by Crippen LogP contribution is -2.10. The van der Waals surface area contributed by atoms with Crippen molar-refractivity contribution < 1.29 is 27.1 Å². The first-order valence-electron chi connectivity index (χ1n) is 11.2. The number of nitrogens with zero attached hydrogens (tertiary/aromatic N) is 3. The van der Waals surface area contributed by atoms with E-state index >= 15 is 0 Å². The monoisotopic (exact) mass is 535 g/mol. The molecule has 12 heteroatoms. The van der Waals surface area contributed by atoms with Gasteiger partial charge in [-0.3, -0.25) is 4.98 Å². The fourth-order valence-corrected chi connectivity index (χ4v) is 4.48.